The quantitative estimate of drug-likeness (QED) is 0.877. The highest BCUT2D eigenvalue weighted by molar-refractivity contribution is 7.20. The zero-order valence-electron chi connectivity index (χ0n) is 11.7. The molecule has 0 saturated heterocycles. The summed E-state index contributed by atoms with van der Waals surface area (Å²) >= 11 is 12.9. The number of carbonyl (C=O) groups excluding carboxylic acids is 2. The van der Waals surface area contributed by atoms with Gasteiger partial charge in [-0.25, -0.2) is 4.79 Å². The number of hydrogen-bond acceptors (Lipinski definition) is 4. The van der Waals surface area contributed by atoms with E-state index in [1.54, 1.807) is 31.3 Å². The Hall–Kier alpha value is -1.76. The van der Waals surface area contributed by atoms with Crippen molar-refractivity contribution in [1.29, 1.82) is 0 Å². The van der Waals surface area contributed by atoms with E-state index in [-0.39, 0.29) is 5.91 Å². The molecule has 0 aliphatic heterocycles. The molecule has 8 heteroatoms. The SMILES string of the molecule is COC(=O)N(C)c1ccc(NC(=O)c2cc(Cl)sc2Cl)cc1. The van der Waals surface area contributed by atoms with E-state index in [9.17, 15) is 9.59 Å². The fraction of sp³-hybridized carbons (Fsp3) is 0.143. The fourth-order valence-corrected chi connectivity index (χ4v) is 3.16. The van der Waals surface area contributed by atoms with Crippen LogP contribution in [0.15, 0.2) is 30.3 Å². The van der Waals surface area contributed by atoms with Crippen LogP contribution in [0, 0.1) is 0 Å². The summed E-state index contributed by atoms with van der Waals surface area (Å²) in [5.74, 6) is -0.345. The maximum Gasteiger partial charge on any atom is 0.413 e. The van der Waals surface area contributed by atoms with Crippen LogP contribution in [-0.4, -0.2) is 26.2 Å². The third kappa shape index (κ3) is 3.71. The van der Waals surface area contributed by atoms with Gasteiger partial charge in [0, 0.05) is 18.4 Å². The average Bonchev–Trinajstić information content (AvgIpc) is 2.85. The second-order valence-corrected chi connectivity index (χ2v) is 6.55. The van der Waals surface area contributed by atoms with Gasteiger partial charge >= 0.3 is 6.09 Å². The lowest BCUT2D eigenvalue weighted by molar-refractivity contribution is 0.102. The zero-order chi connectivity index (χ0) is 16.3. The third-order valence-electron chi connectivity index (χ3n) is 2.86. The zero-order valence-corrected chi connectivity index (χ0v) is 14.1. The maximum atomic E-state index is 12.1. The Bertz CT molecular complexity index is 701. The second-order valence-electron chi connectivity index (χ2n) is 4.27. The van der Waals surface area contributed by atoms with Gasteiger partial charge in [0.15, 0.2) is 0 Å². The Balaban J connectivity index is 2.10. The summed E-state index contributed by atoms with van der Waals surface area (Å²) < 4.78 is 5.41. The number of halogens is 2. The van der Waals surface area contributed by atoms with Gasteiger partial charge in [0.05, 0.1) is 17.0 Å². The molecule has 0 fully saturated rings. The van der Waals surface area contributed by atoms with E-state index in [1.165, 1.54) is 18.1 Å². The monoisotopic (exact) mass is 358 g/mol. The smallest absolute Gasteiger partial charge is 0.413 e. The largest absolute Gasteiger partial charge is 0.452 e. The molecule has 0 unspecified atom stereocenters. The Morgan fingerprint density at radius 2 is 1.86 bits per heavy atom. The van der Waals surface area contributed by atoms with Gasteiger partial charge in [0.25, 0.3) is 5.91 Å². The molecular weight excluding hydrogens is 347 g/mol. The van der Waals surface area contributed by atoms with Gasteiger partial charge in [-0.1, -0.05) is 23.2 Å². The normalized spacial score (nSPS) is 10.2. The van der Waals surface area contributed by atoms with Crippen LogP contribution >= 0.6 is 34.5 Å². The molecule has 0 atom stereocenters. The fourth-order valence-electron chi connectivity index (χ4n) is 1.70. The Morgan fingerprint density at radius 3 is 2.36 bits per heavy atom. The molecule has 2 aromatic rings. The molecule has 0 aliphatic carbocycles. The van der Waals surface area contributed by atoms with Gasteiger partial charge in [-0.2, -0.15) is 0 Å². The molecule has 0 radical (unpaired) electrons. The number of rotatable bonds is 3. The molecule has 0 aliphatic rings. The summed E-state index contributed by atoms with van der Waals surface area (Å²) in [5, 5.41) is 2.71. The molecule has 1 N–H and O–H groups in total. The van der Waals surface area contributed by atoms with Gasteiger partial charge < -0.3 is 10.1 Å². The first-order valence-corrected chi connectivity index (χ1v) is 7.67. The maximum absolute atomic E-state index is 12.1. The van der Waals surface area contributed by atoms with Gasteiger partial charge in [0.1, 0.15) is 4.34 Å². The number of methoxy groups -OCH3 is 1. The van der Waals surface area contributed by atoms with E-state index < -0.39 is 6.09 Å². The topological polar surface area (TPSA) is 58.6 Å². The Kier molecular flexibility index (Phi) is 5.28. The van der Waals surface area contributed by atoms with Crippen molar-refractivity contribution in [2.75, 3.05) is 24.4 Å². The first-order chi connectivity index (χ1) is 10.4. The molecular formula is C14H12Cl2N2O3S. The van der Waals surface area contributed by atoms with Crippen LogP contribution in [0.1, 0.15) is 10.4 Å². The van der Waals surface area contributed by atoms with Crippen molar-refractivity contribution < 1.29 is 14.3 Å². The van der Waals surface area contributed by atoms with Crippen molar-refractivity contribution in [1.82, 2.24) is 0 Å². The van der Waals surface area contributed by atoms with Gasteiger partial charge in [-0.05, 0) is 30.3 Å². The van der Waals surface area contributed by atoms with E-state index in [1.807, 2.05) is 0 Å². The van der Waals surface area contributed by atoms with Crippen molar-refractivity contribution in [2.45, 2.75) is 0 Å². The summed E-state index contributed by atoms with van der Waals surface area (Å²) in [6, 6.07) is 8.25. The van der Waals surface area contributed by atoms with E-state index in [0.717, 1.165) is 11.3 Å². The van der Waals surface area contributed by atoms with Crippen molar-refractivity contribution in [3.63, 3.8) is 0 Å². The lowest BCUT2D eigenvalue weighted by Crippen LogP contribution is -2.25. The molecule has 0 saturated carbocycles. The average molecular weight is 359 g/mol. The van der Waals surface area contributed by atoms with Crippen molar-refractivity contribution in [3.8, 4) is 0 Å². The molecule has 1 aromatic heterocycles. The molecule has 2 amide bonds. The van der Waals surface area contributed by atoms with Crippen LogP contribution in [-0.2, 0) is 4.74 Å². The second kappa shape index (κ2) is 7.00. The Morgan fingerprint density at radius 1 is 1.23 bits per heavy atom. The molecule has 1 heterocycles. The van der Waals surface area contributed by atoms with Crippen LogP contribution in [0.3, 0.4) is 0 Å². The van der Waals surface area contributed by atoms with E-state index in [4.69, 9.17) is 23.2 Å². The van der Waals surface area contributed by atoms with Crippen LogP contribution < -0.4 is 10.2 Å². The van der Waals surface area contributed by atoms with Crippen LogP contribution in [0.25, 0.3) is 0 Å². The number of ether oxygens (including phenoxy) is 1. The first kappa shape index (κ1) is 16.6. The molecule has 5 nitrogen and oxygen atoms in total. The van der Waals surface area contributed by atoms with E-state index >= 15 is 0 Å². The number of benzene rings is 1. The van der Waals surface area contributed by atoms with Crippen molar-refractivity contribution >= 4 is 57.9 Å². The minimum absolute atomic E-state index is 0.326. The third-order valence-corrected chi connectivity index (χ3v) is 4.35. The lowest BCUT2D eigenvalue weighted by Gasteiger charge is -2.15. The highest BCUT2D eigenvalue weighted by Crippen LogP contribution is 2.31. The summed E-state index contributed by atoms with van der Waals surface area (Å²) in [6.45, 7) is 0. The van der Waals surface area contributed by atoms with Gasteiger partial charge in [-0.15, -0.1) is 11.3 Å². The molecule has 0 bridgehead atoms. The highest BCUT2D eigenvalue weighted by atomic mass is 35.5. The molecule has 1 aromatic carbocycles. The number of carbonyl (C=O) groups is 2. The standard InChI is InChI=1S/C14H12Cl2N2O3S/c1-18(14(20)21-2)9-5-3-8(4-6-9)17-13(19)10-7-11(15)22-12(10)16/h3-7H,1-2H3,(H,17,19). The lowest BCUT2D eigenvalue weighted by atomic mass is 10.2. The van der Waals surface area contributed by atoms with Crippen LogP contribution in [0.2, 0.25) is 8.67 Å². The van der Waals surface area contributed by atoms with Crippen molar-refractivity contribution in [3.05, 3.63) is 44.6 Å². The molecule has 22 heavy (non-hydrogen) atoms. The van der Waals surface area contributed by atoms with Crippen LogP contribution in [0.4, 0.5) is 16.2 Å². The van der Waals surface area contributed by atoms with Gasteiger partial charge in [0.2, 0.25) is 0 Å². The molecule has 2 rings (SSSR count). The van der Waals surface area contributed by atoms with Gasteiger partial charge in [-0.3, -0.25) is 9.69 Å². The summed E-state index contributed by atoms with van der Waals surface area (Å²) in [4.78, 5) is 24.8. The van der Waals surface area contributed by atoms with Crippen molar-refractivity contribution in [2.24, 2.45) is 0 Å². The summed E-state index contributed by atoms with van der Waals surface area (Å²) in [5.41, 5.74) is 1.54. The first-order valence-electron chi connectivity index (χ1n) is 6.10. The number of nitrogens with zero attached hydrogens (tertiary/aromatic N) is 1. The highest BCUT2D eigenvalue weighted by Gasteiger charge is 2.15. The minimum atomic E-state index is -0.475. The molecule has 0 spiro atoms. The van der Waals surface area contributed by atoms with Crippen LogP contribution in [0.5, 0.6) is 0 Å². The van der Waals surface area contributed by atoms with E-state index in [2.05, 4.69) is 10.1 Å². The minimum Gasteiger partial charge on any atom is -0.452 e. The number of thiophene rings is 1. The number of anilines is 2. The predicted octanol–water partition coefficient (Wildman–Crippen LogP) is 4.51. The predicted molar refractivity (Wildman–Crippen MR) is 89.5 cm³/mol. The molecule has 116 valence electrons. The number of hydrogen-bond donors (Lipinski definition) is 1. The number of nitrogens with one attached hydrogen (secondary N) is 1. The Labute approximate surface area is 141 Å². The summed E-state index contributed by atoms with van der Waals surface area (Å²) in [7, 11) is 2.90. The van der Waals surface area contributed by atoms with E-state index in [0.29, 0.717) is 25.6 Å². The number of amides is 2. The summed E-state index contributed by atoms with van der Waals surface area (Å²) in [6.07, 6.45) is -0.475.